The number of carbonyl (C=O) groups is 1. The Kier molecular flexibility index (Phi) is 7.69. The molecular formula is C18H19Cl3N2O2. The molecule has 0 heterocycles. The van der Waals surface area contributed by atoms with Gasteiger partial charge in [-0.3, -0.25) is 4.79 Å². The van der Waals surface area contributed by atoms with E-state index in [9.17, 15) is 4.79 Å². The zero-order valence-corrected chi connectivity index (χ0v) is 16.0. The Bertz CT molecular complexity index is 738. The number of ether oxygens (including phenoxy) is 1. The molecule has 0 atom stereocenters. The van der Waals surface area contributed by atoms with Crippen LogP contribution in [-0.2, 0) is 4.79 Å². The lowest BCUT2D eigenvalue weighted by Gasteiger charge is -2.13. The van der Waals surface area contributed by atoms with Crippen molar-refractivity contribution in [2.24, 2.45) is 0 Å². The van der Waals surface area contributed by atoms with Crippen LogP contribution in [0, 0.1) is 0 Å². The molecule has 0 saturated heterocycles. The molecule has 0 aromatic heterocycles. The Morgan fingerprint density at radius 2 is 1.76 bits per heavy atom. The minimum Gasteiger partial charge on any atom is -0.491 e. The van der Waals surface area contributed by atoms with Gasteiger partial charge in [0.25, 0.3) is 0 Å². The average Bonchev–Trinajstić information content (AvgIpc) is 2.58. The predicted octanol–water partition coefficient (Wildman–Crippen LogP) is 5.88. The Morgan fingerprint density at radius 1 is 1.04 bits per heavy atom. The molecule has 0 aliphatic carbocycles. The Hall–Kier alpha value is -1.62. The van der Waals surface area contributed by atoms with Crippen molar-refractivity contribution in [3.8, 4) is 5.75 Å². The highest BCUT2D eigenvalue weighted by molar-refractivity contribution is 6.44. The molecule has 1 amide bonds. The maximum absolute atomic E-state index is 12.2. The van der Waals surface area contributed by atoms with Crippen molar-refractivity contribution in [2.45, 2.75) is 19.8 Å². The van der Waals surface area contributed by atoms with Crippen molar-refractivity contribution in [3.63, 3.8) is 0 Å². The maximum atomic E-state index is 12.2. The van der Waals surface area contributed by atoms with Crippen LogP contribution in [0.4, 0.5) is 11.4 Å². The van der Waals surface area contributed by atoms with E-state index in [1.165, 1.54) is 6.07 Å². The zero-order valence-electron chi connectivity index (χ0n) is 13.7. The van der Waals surface area contributed by atoms with Crippen LogP contribution >= 0.6 is 34.8 Å². The third-order valence-corrected chi connectivity index (χ3v) is 4.40. The van der Waals surface area contributed by atoms with Gasteiger partial charge in [-0.05, 0) is 30.7 Å². The number of rotatable bonds is 8. The molecule has 0 aliphatic rings. The highest BCUT2D eigenvalue weighted by Crippen LogP contribution is 2.32. The normalized spacial score (nSPS) is 10.4. The first-order valence-corrected chi connectivity index (χ1v) is 9.04. The molecule has 4 nitrogen and oxygen atoms in total. The molecule has 0 fully saturated rings. The monoisotopic (exact) mass is 400 g/mol. The summed E-state index contributed by atoms with van der Waals surface area (Å²) < 4.78 is 5.70. The van der Waals surface area contributed by atoms with Crippen LogP contribution in [0.5, 0.6) is 5.75 Å². The Morgan fingerprint density at radius 3 is 2.52 bits per heavy atom. The second-order valence-electron chi connectivity index (χ2n) is 5.35. The molecule has 7 heteroatoms. The van der Waals surface area contributed by atoms with Crippen LogP contribution in [0.1, 0.15) is 19.8 Å². The van der Waals surface area contributed by atoms with Crippen molar-refractivity contribution in [3.05, 3.63) is 51.5 Å². The molecule has 0 spiro atoms. The van der Waals surface area contributed by atoms with Gasteiger partial charge in [-0.15, -0.1) is 0 Å². The third-order valence-electron chi connectivity index (χ3n) is 3.37. The summed E-state index contributed by atoms with van der Waals surface area (Å²) in [6.45, 7) is 2.73. The molecule has 2 aromatic rings. The fourth-order valence-corrected chi connectivity index (χ4v) is 2.66. The van der Waals surface area contributed by atoms with Gasteiger partial charge in [0.05, 0.1) is 39.6 Å². The van der Waals surface area contributed by atoms with Crippen molar-refractivity contribution in [1.29, 1.82) is 0 Å². The molecule has 2 rings (SSSR count). The summed E-state index contributed by atoms with van der Waals surface area (Å²) in [6.07, 6.45) is 2.00. The van der Waals surface area contributed by atoms with E-state index in [-0.39, 0.29) is 12.5 Å². The lowest BCUT2D eigenvalue weighted by molar-refractivity contribution is -0.114. The fourth-order valence-electron chi connectivity index (χ4n) is 2.05. The Labute approximate surface area is 162 Å². The fraction of sp³-hybridized carbons (Fsp3) is 0.278. The minimum atomic E-state index is -0.228. The van der Waals surface area contributed by atoms with Gasteiger partial charge in [0, 0.05) is 0 Å². The second kappa shape index (κ2) is 9.76. The predicted molar refractivity (Wildman–Crippen MR) is 105 cm³/mol. The number of hydrogen-bond donors (Lipinski definition) is 2. The number of amides is 1. The van der Waals surface area contributed by atoms with E-state index in [1.54, 1.807) is 12.1 Å². The van der Waals surface area contributed by atoms with Gasteiger partial charge in [0.2, 0.25) is 5.91 Å². The number of para-hydroxylation sites is 2. The van der Waals surface area contributed by atoms with Crippen LogP contribution in [0.2, 0.25) is 15.1 Å². The standard InChI is InChI=1S/C18H19Cl3N2O2/c1-2-3-8-25-17-7-5-4-6-15(17)23-18(24)11-22-16-10-13(20)12(19)9-14(16)21/h4-7,9-10,22H,2-3,8,11H2,1H3,(H,23,24). The lowest BCUT2D eigenvalue weighted by Crippen LogP contribution is -2.22. The van der Waals surface area contributed by atoms with E-state index < -0.39 is 0 Å². The van der Waals surface area contributed by atoms with Gasteiger partial charge in [-0.25, -0.2) is 0 Å². The van der Waals surface area contributed by atoms with E-state index in [2.05, 4.69) is 17.6 Å². The quantitative estimate of drug-likeness (QED) is 0.429. The molecule has 0 saturated carbocycles. The van der Waals surface area contributed by atoms with Crippen molar-refractivity contribution in [2.75, 3.05) is 23.8 Å². The summed E-state index contributed by atoms with van der Waals surface area (Å²) in [5.74, 6) is 0.422. The van der Waals surface area contributed by atoms with E-state index in [0.29, 0.717) is 38.8 Å². The van der Waals surface area contributed by atoms with Gasteiger partial charge < -0.3 is 15.4 Å². The van der Waals surface area contributed by atoms with Gasteiger partial charge in [-0.1, -0.05) is 60.3 Å². The number of anilines is 2. The number of benzene rings is 2. The molecule has 0 aliphatic heterocycles. The van der Waals surface area contributed by atoms with Crippen molar-refractivity contribution in [1.82, 2.24) is 0 Å². The van der Waals surface area contributed by atoms with Gasteiger partial charge in [-0.2, -0.15) is 0 Å². The first-order valence-electron chi connectivity index (χ1n) is 7.91. The van der Waals surface area contributed by atoms with E-state index in [1.807, 2.05) is 18.2 Å². The highest BCUT2D eigenvalue weighted by Gasteiger charge is 2.10. The number of carbonyl (C=O) groups excluding carboxylic acids is 1. The number of unbranched alkanes of at least 4 members (excludes halogenated alkanes) is 1. The van der Waals surface area contributed by atoms with Crippen LogP contribution in [-0.4, -0.2) is 19.1 Å². The summed E-state index contributed by atoms with van der Waals surface area (Å²) in [5.41, 5.74) is 1.17. The molecule has 0 bridgehead atoms. The van der Waals surface area contributed by atoms with Crippen LogP contribution in [0.15, 0.2) is 36.4 Å². The second-order valence-corrected chi connectivity index (χ2v) is 6.57. The van der Waals surface area contributed by atoms with E-state index in [4.69, 9.17) is 39.5 Å². The molecule has 2 aromatic carbocycles. The summed E-state index contributed by atoms with van der Waals surface area (Å²) in [5, 5.41) is 6.89. The number of nitrogens with one attached hydrogen (secondary N) is 2. The largest absolute Gasteiger partial charge is 0.491 e. The first kappa shape index (κ1) is 19.7. The first-order chi connectivity index (χ1) is 12.0. The summed E-state index contributed by atoms with van der Waals surface area (Å²) in [7, 11) is 0. The van der Waals surface area contributed by atoms with E-state index >= 15 is 0 Å². The molecular weight excluding hydrogens is 383 g/mol. The van der Waals surface area contributed by atoms with E-state index in [0.717, 1.165) is 12.8 Å². The molecule has 2 N–H and O–H groups in total. The van der Waals surface area contributed by atoms with Gasteiger partial charge >= 0.3 is 0 Å². The summed E-state index contributed by atoms with van der Waals surface area (Å²) in [6, 6.07) is 10.4. The molecule has 0 unspecified atom stereocenters. The van der Waals surface area contributed by atoms with Gasteiger partial charge in [0.1, 0.15) is 5.75 Å². The van der Waals surface area contributed by atoms with Crippen LogP contribution in [0.3, 0.4) is 0 Å². The molecule has 25 heavy (non-hydrogen) atoms. The van der Waals surface area contributed by atoms with Crippen molar-refractivity contribution >= 4 is 52.1 Å². The zero-order chi connectivity index (χ0) is 18.2. The topological polar surface area (TPSA) is 50.4 Å². The molecule has 0 radical (unpaired) electrons. The maximum Gasteiger partial charge on any atom is 0.243 e. The lowest BCUT2D eigenvalue weighted by atomic mass is 10.2. The Balaban J connectivity index is 1.96. The molecule has 134 valence electrons. The van der Waals surface area contributed by atoms with Crippen LogP contribution in [0.25, 0.3) is 0 Å². The average molecular weight is 402 g/mol. The van der Waals surface area contributed by atoms with Gasteiger partial charge in [0.15, 0.2) is 0 Å². The number of hydrogen-bond acceptors (Lipinski definition) is 3. The summed E-state index contributed by atoms with van der Waals surface area (Å²) in [4.78, 5) is 12.2. The SMILES string of the molecule is CCCCOc1ccccc1NC(=O)CNc1cc(Cl)c(Cl)cc1Cl. The summed E-state index contributed by atoms with van der Waals surface area (Å²) >= 11 is 17.9. The third kappa shape index (κ3) is 5.99. The highest BCUT2D eigenvalue weighted by atomic mass is 35.5. The van der Waals surface area contributed by atoms with Crippen molar-refractivity contribution < 1.29 is 9.53 Å². The minimum absolute atomic E-state index is 0.0287. The number of halogens is 3. The smallest absolute Gasteiger partial charge is 0.243 e. The van der Waals surface area contributed by atoms with Crippen LogP contribution < -0.4 is 15.4 Å².